The lowest BCUT2D eigenvalue weighted by Gasteiger charge is -2.14. The number of halogens is 2. The number of carbonyl (C=O) groups is 1. The highest BCUT2D eigenvalue weighted by Crippen LogP contribution is 2.19. The zero-order valence-electron chi connectivity index (χ0n) is 12.2. The highest BCUT2D eigenvalue weighted by atomic mass is 35.5. The van der Waals surface area contributed by atoms with Crippen molar-refractivity contribution in [2.45, 2.75) is 19.4 Å². The second kappa shape index (κ2) is 6.59. The van der Waals surface area contributed by atoms with Crippen molar-refractivity contribution in [3.63, 3.8) is 0 Å². The minimum absolute atomic E-state index is 0.0525. The van der Waals surface area contributed by atoms with Gasteiger partial charge in [0.25, 0.3) is 0 Å². The summed E-state index contributed by atoms with van der Waals surface area (Å²) in [7, 11) is 0. The van der Waals surface area contributed by atoms with Crippen LogP contribution in [0.5, 0.6) is 0 Å². The number of hydrogen-bond acceptors (Lipinski definition) is 2. The normalized spacial score (nSPS) is 15.2. The first-order valence-corrected chi connectivity index (χ1v) is 7.82. The Labute approximate surface area is 134 Å². The number of nitrogens with zero attached hydrogens (tertiary/aromatic N) is 1. The van der Waals surface area contributed by atoms with E-state index in [0.717, 1.165) is 25.7 Å². The summed E-state index contributed by atoms with van der Waals surface area (Å²) in [6.07, 6.45) is 2.51. The van der Waals surface area contributed by atoms with E-state index >= 15 is 0 Å². The Balaban J connectivity index is 1.75. The Morgan fingerprint density at radius 2 is 1.77 bits per heavy atom. The Morgan fingerprint density at radius 1 is 1.09 bits per heavy atom. The number of carbonyl (C=O) groups excluding carboxylic acids is 1. The summed E-state index contributed by atoms with van der Waals surface area (Å²) in [5, 5.41) is 0.287. The van der Waals surface area contributed by atoms with Gasteiger partial charge in [-0.3, -0.25) is 9.69 Å². The molecule has 2 nitrogen and oxygen atoms in total. The first-order chi connectivity index (χ1) is 10.6. The fraction of sp³-hybridized carbons (Fsp3) is 0.278. The Morgan fingerprint density at radius 3 is 2.41 bits per heavy atom. The number of rotatable bonds is 4. The number of ketones is 1. The molecule has 1 aliphatic heterocycles. The lowest BCUT2D eigenvalue weighted by Crippen LogP contribution is -2.18. The molecule has 4 heteroatoms. The van der Waals surface area contributed by atoms with Gasteiger partial charge in [0.15, 0.2) is 5.78 Å². The Hall–Kier alpha value is -1.71. The van der Waals surface area contributed by atoms with Crippen molar-refractivity contribution in [2.24, 2.45) is 0 Å². The quantitative estimate of drug-likeness (QED) is 0.783. The van der Waals surface area contributed by atoms with E-state index in [1.807, 2.05) is 12.1 Å². The van der Waals surface area contributed by atoms with Crippen LogP contribution in [0.4, 0.5) is 4.39 Å². The highest BCUT2D eigenvalue weighted by molar-refractivity contribution is 6.30. The summed E-state index contributed by atoms with van der Waals surface area (Å²) in [5.74, 6) is -0.902. The lowest BCUT2D eigenvalue weighted by molar-refractivity contribution is 0.103. The summed E-state index contributed by atoms with van der Waals surface area (Å²) >= 11 is 5.71. The van der Waals surface area contributed by atoms with Gasteiger partial charge in [-0.15, -0.1) is 0 Å². The van der Waals surface area contributed by atoms with Gasteiger partial charge in [-0.05, 0) is 49.7 Å². The monoisotopic (exact) mass is 317 g/mol. The third kappa shape index (κ3) is 3.37. The molecule has 0 aromatic heterocycles. The molecule has 3 rings (SSSR count). The van der Waals surface area contributed by atoms with E-state index in [1.165, 1.54) is 30.5 Å². The van der Waals surface area contributed by atoms with Gasteiger partial charge in [-0.1, -0.05) is 35.9 Å². The van der Waals surface area contributed by atoms with Crippen LogP contribution in [0, 0.1) is 5.82 Å². The van der Waals surface area contributed by atoms with E-state index in [1.54, 1.807) is 12.1 Å². The minimum atomic E-state index is -0.585. The van der Waals surface area contributed by atoms with Crippen LogP contribution in [0.15, 0.2) is 42.5 Å². The maximum Gasteiger partial charge on any atom is 0.195 e. The molecule has 1 aliphatic rings. The van der Waals surface area contributed by atoms with Crippen molar-refractivity contribution >= 4 is 17.4 Å². The van der Waals surface area contributed by atoms with Gasteiger partial charge in [0.2, 0.25) is 0 Å². The van der Waals surface area contributed by atoms with Gasteiger partial charge in [0, 0.05) is 17.1 Å². The van der Waals surface area contributed by atoms with Crippen LogP contribution in [-0.2, 0) is 6.54 Å². The second-order valence-electron chi connectivity index (χ2n) is 5.63. The van der Waals surface area contributed by atoms with Crippen molar-refractivity contribution in [2.75, 3.05) is 13.1 Å². The Kier molecular flexibility index (Phi) is 4.55. The van der Waals surface area contributed by atoms with Crippen LogP contribution in [0.2, 0.25) is 5.02 Å². The molecule has 2 aromatic rings. The summed E-state index contributed by atoms with van der Waals surface area (Å²) < 4.78 is 13.8. The third-order valence-electron chi connectivity index (χ3n) is 4.00. The molecular formula is C18H17ClFNO. The van der Waals surface area contributed by atoms with Gasteiger partial charge in [-0.2, -0.15) is 0 Å². The summed E-state index contributed by atoms with van der Waals surface area (Å²) in [6.45, 7) is 3.18. The van der Waals surface area contributed by atoms with E-state index in [4.69, 9.17) is 11.6 Å². The molecule has 0 unspecified atom stereocenters. The molecule has 0 atom stereocenters. The molecule has 22 heavy (non-hydrogen) atoms. The molecular weight excluding hydrogens is 301 g/mol. The van der Waals surface area contributed by atoms with Crippen molar-refractivity contribution in [3.8, 4) is 0 Å². The molecule has 0 saturated carbocycles. The molecule has 0 amide bonds. The average Bonchev–Trinajstić information content (AvgIpc) is 3.00. The molecule has 0 bridgehead atoms. The topological polar surface area (TPSA) is 20.3 Å². The molecule has 0 spiro atoms. The van der Waals surface area contributed by atoms with E-state index in [-0.39, 0.29) is 16.4 Å². The zero-order valence-corrected chi connectivity index (χ0v) is 12.9. The van der Waals surface area contributed by atoms with E-state index in [2.05, 4.69) is 4.90 Å². The highest BCUT2D eigenvalue weighted by Gasteiger charge is 2.15. The maximum absolute atomic E-state index is 13.8. The maximum atomic E-state index is 13.8. The molecule has 114 valence electrons. The predicted octanol–water partition coefficient (Wildman–Crippen LogP) is 4.31. The van der Waals surface area contributed by atoms with Crippen molar-refractivity contribution in [1.82, 2.24) is 4.90 Å². The molecule has 0 aliphatic carbocycles. The van der Waals surface area contributed by atoms with Crippen LogP contribution in [0.1, 0.15) is 34.3 Å². The molecule has 0 N–H and O–H groups in total. The number of benzene rings is 2. The van der Waals surface area contributed by atoms with Crippen molar-refractivity contribution < 1.29 is 9.18 Å². The molecule has 1 saturated heterocycles. The SMILES string of the molecule is O=C(c1ccc(CN2CCCC2)cc1)c1ccc(Cl)cc1F. The number of hydrogen-bond donors (Lipinski definition) is 0. The van der Waals surface area contributed by atoms with Gasteiger partial charge in [-0.25, -0.2) is 4.39 Å². The predicted molar refractivity (Wildman–Crippen MR) is 85.8 cm³/mol. The number of likely N-dealkylation sites (tertiary alicyclic amines) is 1. The van der Waals surface area contributed by atoms with Crippen LogP contribution in [0.25, 0.3) is 0 Å². The van der Waals surface area contributed by atoms with Gasteiger partial charge < -0.3 is 0 Å². The molecule has 1 heterocycles. The summed E-state index contributed by atoms with van der Waals surface area (Å²) in [6, 6.07) is 11.5. The van der Waals surface area contributed by atoms with E-state index in [0.29, 0.717) is 5.56 Å². The van der Waals surface area contributed by atoms with Gasteiger partial charge in [0.05, 0.1) is 5.56 Å². The smallest absolute Gasteiger partial charge is 0.195 e. The standard InChI is InChI=1S/C18H17ClFNO/c19-15-7-8-16(17(20)11-15)18(22)14-5-3-13(4-6-14)12-21-9-1-2-10-21/h3-8,11H,1-2,9-10,12H2. The van der Waals surface area contributed by atoms with Crippen LogP contribution in [-0.4, -0.2) is 23.8 Å². The fourth-order valence-corrected chi connectivity index (χ4v) is 2.95. The first-order valence-electron chi connectivity index (χ1n) is 7.44. The Bertz CT molecular complexity index is 678. The van der Waals surface area contributed by atoms with Crippen molar-refractivity contribution in [3.05, 3.63) is 70.0 Å². The van der Waals surface area contributed by atoms with Crippen molar-refractivity contribution in [1.29, 1.82) is 0 Å². The third-order valence-corrected chi connectivity index (χ3v) is 4.23. The lowest BCUT2D eigenvalue weighted by atomic mass is 10.0. The minimum Gasteiger partial charge on any atom is -0.299 e. The first kappa shape index (κ1) is 15.2. The van der Waals surface area contributed by atoms with E-state index in [9.17, 15) is 9.18 Å². The van der Waals surface area contributed by atoms with Crippen LogP contribution in [0.3, 0.4) is 0 Å². The molecule has 2 aromatic carbocycles. The fourth-order valence-electron chi connectivity index (χ4n) is 2.79. The van der Waals surface area contributed by atoms with E-state index < -0.39 is 5.82 Å². The average molecular weight is 318 g/mol. The second-order valence-corrected chi connectivity index (χ2v) is 6.07. The molecule has 0 radical (unpaired) electrons. The molecule has 1 fully saturated rings. The zero-order chi connectivity index (χ0) is 15.5. The van der Waals surface area contributed by atoms with Gasteiger partial charge in [0.1, 0.15) is 5.82 Å². The van der Waals surface area contributed by atoms with Gasteiger partial charge >= 0.3 is 0 Å². The summed E-state index contributed by atoms with van der Waals surface area (Å²) in [5.41, 5.74) is 1.72. The van der Waals surface area contributed by atoms with Crippen LogP contribution < -0.4 is 0 Å². The van der Waals surface area contributed by atoms with Crippen LogP contribution >= 0.6 is 11.6 Å². The summed E-state index contributed by atoms with van der Waals surface area (Å²) in [4.78, 5) is 14.7. The largest absolute Gasteiger partial charge is 0.299 e.